The fourth-order valence-corrected chi connectivity index (χ4v) is 1.85. The third-order valence-corrected chi connectivity index (χ3v) is 2.82. The quantitative estimate of drug-likeness (QED) is 0.918. The molecule has 0 aliphatic rings. The third-order valence-electron chi connectivity index (χ3n) is 2.82. The predicted molar refractivity (Wildman–Crippen MR) is 70.1 cm³/mol. The summed E-state index contributed by atoms with van der Waals surface area (Å²) in [4.78, 5) is 11.0. The van der Waals surface area contributed by atoms with Crippen LogP contribution in [0.4, 0.5) is 4.39 Å². The molecule has 1 N–H and O–H groups in total. The lowest BCUT2D eigenvalue weighted by Gasteiger charge is -2.08. The van der Waals surface area contributed by atoms with Crippen molar-refractivity contribution in [3.8, 4) is 16.9 Å². The van der Waals surface area contributed by atoms with E-state index in [1.807, 2.05) is 0 Å². The number of aromatic carboxylic acids is 1. The van der Waals surface area contributed by atoms with E-state index < -0.39 is 5.97 Å². The third kappa shape index (κ3) is 2.73. The van der Waals surface area contributed by atoms with Crippen molar-refractivity contribution in [2.75, 3.05) is 7.11 Å². The molecule has 0 saturated carbocycles. The molecule has 0 aliphatic heterocycles. The second-order valence-electron chi connectivity index (χ2n) is 4.24. The van der Waals surface area contributed by atoms with Gasteiger partial charge in [-0.1, -0.05) is 12.1 Å². The Morgan fingerprint density at radius 3 is 2.53 bits per heavy atom. The van der Waals surface area contributed by atoms with Gasteiger partial charge in [0, 0.05) is 5.56 Å². The minimum Gasteiger partial charge on any atom is -0.497 e. The van der Waals surface area contributed by atoms with Crippen LogP contribution in [0, 0.1) is 12.7 Å². The largest absolute Gasteiger partial charge is 0.497 e. The van der Waals surface area contributed by atoms with Gasteiger partial charge in [-0.3, -0.25) is 0 Å². The van der Waals surface area contributed by atoms with Gasteiger partial charge in [0.05, 0.1) is 12.7 Å². The van der Waals surface area contributed by atoms with E-state index in [4.69, 9.17) is 9.84 Å². The average molecular weight is 260 g/mol. The zero-order valence-corrected chi connectivity index (χ0v) is 10.6. The second kappa shape index (κ2) is 5.10. The maximum absolute atomic E-state index is 13.9. The minimum absolute atomic E-state index is 0.0642. The lowest BCUT2D eigenvalue weighted by atomic mass is 10.0. The van der Waals surface area contributed by atoms with Crippen LogP contribution in [0.1, 0.15) is 15.9 Å². The Morgan fingerprint density at radius 2 is 1.95 bits per heavy atom. The number of carboxylic acids is 1. The fraction of sp³-hybridized carbons (Fsp3) is 0.133. The van der Waals surface area contributed by atoms with E-state index in [1.165, 1.54) is 25.3 Å². The zero-order valence-electron chi connectivity index (χ0n) is 10.6. The van der Waals surface area contributed by atoms with E-state index in [-0.39, 0.29) is 11.4 Å². The number of rotatable bonds is 3. The second-order valence-corrected chi connectivity index (χ2v) is 4.24. The molecule has 2 aromatic rings. The lowest BCUT2D eigenvalue weighted by molar-refractivity contribution is 0.0696. The smallest absolute Gasteiger partial charge is 0.335 e. The maximum Gasteiger partial charge on any atom is 0.335 e. The molecule has 0 fully saturated rings. The van der Waals surface area contributed by atoms with Gasteiger partial charge >= 0.3 is 5.97 Å². The summed E-state index contributed by atoms with van der Waals surface area (Å²) in [5, 5.41) is 9.04. The number of carbonyl (C=O) groups is 1. The summed E-state index contributed by atoms with van der Waals surface area (Å²) >= 11 is 0. The van der Waals surface area contributed by atoms with Crippen molar-refractivity contribution in [3.63, 3.8) is 0 Å². The van der Waals surface area contributed by atoms with Crippen molar-refractivity contribution in [2.24, 2.45) is 0 Å². The molecule has 0 atom stereocenters. The number of methoxy groups -OCH3 is 1. The van der Waals surface area contributed by atoms with E-state index >= 15 is 0 Å². The Balaban J connectivity index is 2.60. The summed E-state index contributed by atoms with van der Waals surface area (Å²) in [6.45, 7) is 1.79. The standard InChI is InChI=1S/C15H13FO3/c1-9-3-4-13(14(16)5-9)10-6-11(15(17)18)8-12(7-10)19-2/h3-8H,1-2H3,(H,17,18). The molecule has 2 aromatic carbocycles. The molecule has 3 nitrogen and oxygen atoms in total. The van der Waals surface area contributed by atoms with Gasteiger partial charge in [0.1, 0.15) is 11.6 Å². The zero-order chi connectivity index (χ0) is 14.0. The van der Waals surface area contributed by atoms with Gasteiger partial charge in [-0.05, 0) is 42.3 Å². The Morgan fingerprint density at radius 1 is 1.21 bits per heavy atom. The van der Waals surface area contributed by atoms with Gasteiger partial charge in [0.2, 0.25) is 0 Å². The molecule has 0 bridgehead atoms. The van der Waals surface area contributed by atoms with Crippen LogP contribution in [0.25, 0.3) is 11.1 Å². The summed E-state index contributed by atoms with van der Waals surface area (Å²) in [7, 11) is 1.44. The van der Waals surface area contributed by atoms with E-state index in [0.29, 0.717) is 16.9 Å². The van der Waals surface area contributed by atoms with Gasteiger partial charge in [0.15, 0.2) is 0 Å². The molecular weight excluding hydrogens is 247 g/mol. The highest BCUT2D eigenvalue weighted by Gasteiger charge is 2.11. The van der Waals surface area contributed by atoms with Crippen molar-refractivity contribution >= 4 is 5.97 Å². The number of halogens is 1. The van der Waals surface area contributed by atoms with Crippen molar-refractivity contribution in [1.29, 1.82) is 0 Å². The van der Waals surface area contributed by atoms with E-state index in [9.17, 15) is 9.18 Å². The Hall–Kier alpha value is -2.36. The van der Waals surface area contributed by atoms with Gasteiger partial charge in [0.25, 0.3) is 0 Å². The summed E-state index contributed by atoms with van der Waals surface area (Å²) in [5.74, 6) is -1.08. The van der Waals surface area contributed by atoms with Crippen LogP contribution in [0.5, 0.6) is 5.75 Å². The Kier molecular flexibility index (Phi) is 3.51. The van der Waals surface area contributed by atoms with Crippen molar-refractivity contribution < 1.29 is 19.0 Å². The normalized spacial score (nSPS) is 10.3. The number of hydrogen-bond donors (Lipinski definition) is 1. The highest BCUT2D eigenvalue weighted by molar-refractivity contribution is 5.90. The molecule has 0 spiro atoms. The average Bonchev–Trinajstić information content (AvgIpc) is 2.38. The van der Waals surface area contributed by atoms with Crippen LogP contribution >= 0.6 is 0 Å². The van der Waals surface area contributed by atoms with Gasteiger partial charge in [-0.2, -0.15) is 0 Å². The van der Waals surface area contributed by atoms with Crippen LogP contribution in [-0.4, -0.2) is 18.2 Å². The van der Waals surface area contributed by atoms with Gasteiger partial charge in [-0.15, -0.1) is 0 Å². The van der Waals surface area contributed by atoms with E-state index in [1.54, 1.807) is 25.1 Å². The monoisotopic (exact) mass is 260 g/mol. The molecular formula is C15H13FO3. The molecule has 0 heterocycles. The first-order valence-electron chi connectivity index (χ1n) is 5.70. The van der Waals surface area contributed by atoms with Crippen LogP contribution in [-0.2, 0) is 0 Å². The molecule has 0 aromatic heterocycles. The van der Waals surface area contributed by atoms with Crippen LogP contribution < -0.4 is 4.74 Å². The maximum atomic E-state index is 13.9. The number of hydrogen-bond acceptors (Lipinski definition) is 2. The molecule has 2 rings (SSSR count). The highest BCUT2D eigenvalue weighted by atomic mass is 19.1. The number of ether oxygens (including phenoxy) is 1. The SMILES string of the molecule is COc1cc(C(=O)O)cc(-c2ccc(C)cc2F)c1. The molecule has 19 heavy (non-hydrogen) atoms. The molecule has 4 heteroatoms. The molecule has 0 radical (unpaired) electrons. The van der Waals surface area contributed by atoms with Crippen LogP contribution in [0.15, 0.2) is 36.4 Å². The first-order valence-corrected chi connectivity index (χ1v) is 5.70. The summed E-state index contributed by atoms with van der Waals surface area (Å²) in [6, 6.07) is 9.26. The molecule has 0 aliphatic carbocycles. The van der Waals surface area contributed by atoms with E-state index in [2.05, 4.69) is 0 Å². The number of aryl methyl sites for hydroxylation is 1. The highest BCUT2D eigenvalue weighted by Crippen LogP contribution is 2.28. The molecule has 0 saturated heterocycles. The Bertz CT molecular complexity index is 635. The number of benzene rings is 2. The lowest BCUT2D eigenvalue weighted by Crippen LogP contribution is -1.98. The first kappa shape index (κ1) is 13.1. The van der Waals surface area contributed by atoms with Crippen LogP contribution in [0.2, 0.25) is 0 Å². The topological polar surface area (TPSA) is 46.5 Å². The predicted octanol–water partition coefficient (Wildman–Crippen LogP) is 3.51. The van der Waals surface area contributed by atoms with Crippen molar-refractivity contribution in [1.82, 2.24) is 0 Å². The van der Waals surface area contributed by atoms with Crippen LogP contribution in [0.3, 0.4) is 0 Å². The van der Waals surface area contributed by atoms with E-state index in [0.717, 1.165) is 5.56 Å². The molecule has 0 unspecified atom stereocenters. The Labute approximate surface area is 110 Å². The fourth-order valence-electron chi connectivity index (χ4n) is 1.85. The molecule has 0 amide bonds. The summed E-state index contributed by atoms with van der Waals surface area (Å²) in [6.07, 6.45) is 0. The first-order chi connectivity index (χ1) is 9.01. The van der Waals surface area contributed by atoms with Gasteiger partial charge < -0.3 is 9.84 Å². The van der Waals surface area contributed by atoms with Crippen molar-refractivity contribution in [2.45, 2.75) is 6.92 Å². The molecule has 98 valence electrons. The summed E-state index contributed by atoms with van der Waals surface area (Å²) < 4.78 is 19.0. The number of carboxylic acid groups (broad SMARTS) is 1. The van der Waals surface area contributed by atoms with Crippen molar-refractivity contribution in [3.05, 3.63) is 53.3 Å². The summed E-state index contributed by atoms with van der Waals surface area (Å²) in [5.41, 5.74) is 1.71. The van der Waals surface area contributed by atoms with Gasteiger partial charge in [-0.25, -0.2) is 9.18 Å². The minimum atomic E-state index is -1.08.